The quantitative estimate of drug-likeness (QED) is 0.328. The van der Waals surface area contributed by atoms with Gasteiger partial charge in [-0.1, -0.05) is 22.6 Å². The van der Waals surface area contributed by atoms with Crippen molar-refractivity contribution >= 4 is 22.6 Å². The highest BCUT2D eigenvalue weighted by Crippen LogP contribution is 2.15. The lowest BCUT2D eigenvalue weighted by molar-refractivity contribution is -0.271. The third-order valence-corrected chi connectivity index (χ3v) is 2.65. The largest absolute Gasteiger partial charge is 0.341 e. The van der Waals surface area contributed by atoms with Crippen LogP contribution >= 0.6 is 22.6 Å². The molecule has 0 aliphatic carbocycles. The van der Waals surface area contributed by atoms with Gasteiger partial charge < -0.3 is 9.47 Å². The van der Waals surface area contributed by atoms with Gasteiger partial charge in [-0.3, -0.25) is 0 Å². The summed E-state index contributed by atoms with van der Waals surface area (Å²) < 4.78 is 11.1. The fraction of sp³-hybridized carbons (Fsp3) is 1.00. The summed E-state index contributed by atoms with van der Waals surface area (Å²) >= 11 is 2.25. The predicted molar refractivity (Wildman–Crippen MR) is 49.1 cm³/mol. The Bertz CT molecular complexity index is 95.7. The summed E-state index contributed by atoms with van der Waals surface area (Å²) in [4.78, 5) is 1.97. The van der Waals surface area contributed by atoms with Gasteiger partial charge in [-0.05, 0) is 7.05 Å². The number of nitrogens with zero attached hydrogens (tertiary/aromatic N) is 1. The second kappa shape index (κ2) is 4.48. The van der Waals surface area contributed by atoms with E-state index < -0.39 is 5.91 Å². The Kier molecular flexibility index (Phi) is 4.75. The smallest absolute Gasteiger partial charge is 0.226 e. The maximum Gasteiger partial charge on any atom is 0.226 e. The zero-order chi connectivity index (χ0) is 8.20. The van der Waals surface area contributed by atoms with Crippen LogP contribution in [0.4, 0.5) is 0 Å². The summed E-state index contributed by atoms with van der Waals surface area (Å²) in [5.41, 5.74) is 0. The number of alkyl halides is 1. The highest BCUT2D eigenvalue weighted by molar-refractivity contribution is 14.1. The molecule has 0 atom stereocenters. The average Bonchev–Trinajstić information content (AvgIpc) is 2.01. The van der Waals surface area contributed by atoms with Crippen molar-refractivity contribution in [1.29, 1.82) is 0 Å². The zero-order valence-electron chi connectivity index (χ0n) is 6.85. The van der Waals surface area contributed by atoms with Gasteiger partial charge in [0.1, 0.15) is 0 Å². The molecule has 0 saturated carbocycles. The van der Waals surface area contributed by atoms with Crippen molar-refractivity contribution in [3.05, 3.63) is 0 Å². The van der Waals surface area contributed by atoms with Crippen LogP contribution in [0, 0.1) is 0 Å². The fourth-order valence-electron chi connectivity index (χ4n) is 0.504. The van der Waals surface area contributed by atoms with Gasteiger partial charge in [-0.15, -0.1) is 0 Å². The highest BCUT2D eigenvalue weighted by atomic mass is 127. The van der Waals surface area contributed by atoms with E-state index in [0.717, 1.165) is 4.55 Å². The summed E-state index contributed by atoms with van der Waals surface area (Å²) in [6.45, 7) is 1.88. The van der Waals surface area contributed by atoms with Gasteiger partial charge >= 0.3 is 0 Å². The van der Waals surface area contributed by atoms with Crippen molar-refractivity contribution in [2.75, 3.05) is 25.8 Å². The third kappa shape index (κ3) is 2.34. The molecule has 0 aromatic rings. The Morgan fingerprint density at radius 1 is 1.40 bits per heavy atom. The minimum Gasteiger partial charge on any atom is -0.341 e. The maximum atomic E-state index is 5.14. The maximum absolute atomic E-state index is 5.14. The van der Waals surface area contributed by atoms with E-state index in [0.29, 0.717) is 0 Å². The Morgan fingerprint density at radius 3 is 1.90 bits per heavy atom. The molecule has 0 heterocycles. The molecule has 0 amide bonds. The van der Waals surface area contributed by atoms with Gasteiger partial charge in [-0.2, -0.15) is 0 Å². The Morgan fingerprint density at radius 2 is 1.80 bits per heavy atom. The molecule has 4 heteroatoms. The summed E-state index contributed by atoms with van der Waals surface area (Å²) in [5, 5.41) is 0. The lowest BCUT2D eigenvalue weighted by Gasteiger charge is -2.34. The van der Waals surface area contributed by atoms with E-state index in [-0.39, 0.29) is 0 Å². The number of hydrogen-bond acceptors (Lipinski definition) is 3. The number of methoxy groups -OCH3 is 2. The molecule has 0 aliphatic heterocycles. The Labute approximate surface area is 75.8 Å². The second-order valence-electron chi connectivity index (χ2n) is 2.12. The topological polar surface area (TPSA) is 21.7 Å². The van der Waals surface area contributed by atoms with Crippen LogP contribution in [0.25, 0.3) is 0 Å². The molecule has 0 aliphatic rings. The van der Waals surface area contributed by atoms with E-state index in [9.17, 15) is 0 Å². The van der Waals surface area contributed by atoms with Crippen LogP contribution in [-0.2, 0) is 9.47 Å². The highest BCUT2D eigenvalue weighted by Gasteiger charge is 2.27. The summed E-state index contributed by atoms with van der Waals surface area (Å²) in [6, 6.07) is 0. The van der Waals surface area contributed by atoms with E-state index >= 15 is 0 Å². The van der Waals surface area contributed by atoms with Crippen molar-refractivity contribution < 1.29 is 9.47 Å². The minimum atomic E-state index is -0.582. The van der Waals surface area contributed by atoms with Crippen LogP contribution in [0.1, 0.15) is 6.92 Å². The molecule has 0 fully saturated rings. The van der Waals surface area contributed by atoms with Gasteiger partial charge in [0.05, 0.1) is 4.55 Å². The van der Waals surface area contributed by atoms with Crippen molar-refractivity contribution in [2.45, 2.75) is 12.8 Å². The van der Waals surface area contributed by atoms with Crippen LogP contribution in [0.3, 0.4) is 0 Å². The molecule has 62 valence electrons. The molecular weight excluding hydrogens is 245 g/mol. The van der Waals surface area contributed by atoms with Crippen LogP contribution in [0.2, 0.25) is 0 Å². The lowest BCUT2D eigenvalue weighted by Crippen LogP contribution is -2.46. The van der Waals surface area contributed by atoms with Crippen molar-refractivity contribution in [2.24, 2.45) is 0 Å². The van der Waals surface area contributed by atoms with Crippen LogP contribution in [-0.4, -0.2) is 36.6 Å². The van der Waals surface area contributed by atoms with E-state index in [2.05, 4.69) is 22.6 Å². The van der Waals surface area contributed by atoms with E-state index in [1.165, 1.54) is 0 Å². The van der Waals surface area contributed by atoms with Crippen LogP contribution in [0.5, 0.6) is 0 Å². The first-order valence-electron chi connectivity index (χ1n) is 2.98. The summed E-state index contributed by atoms with van der Waals surface area (Å²) in [7, 11) is 5.21. The molecule has 0 saturated heterocycles. The molecule has 0 radical (unpaired) electrons. The molecular formula is C6H14INO2. The van der Waals surface area contributed by atoms with Crippen LogP contribution in [0.15, 0.2) is 0 Å². The van der Waals surface area contributed by atoms with Gasteiger partial charge in [0.15, 0.2) is 0 Å². The number of ether oxygens (including phenoxy) is 2. The SMILES string of the molecule is COC(C)(OC)N(C)CI. The van der Waals surface area contributed by atoms with Crippen LogP contribution < -0.4 is 0 Å². The molecule has 0 aromatic carbocycles. The summed E-state index contributed by atoms with van der Waals surface area (Å²) in [6.07, 6.45) is 0. The summed E-state index contributed by atoms with van der Waals surface area (Å²) in [5.74, 6) is -0.582. The van der Waals surface area contributed by atoms with Crippen molar-refractivity contribution in [1.82, 2.24) is 4.90 Å². The Balaban J connectivity index is 4.02. The average molecular weight is 259 g/mol. The Hall–Kier alpha value is 0.610. The molecule has 0 rings (SSSR count). The molecule has 0 aromatic heterocycles. The van der Waals surface area contributed by atoms with Gasteiger partial charge in [0.2, 0.25) is 5.91 Å². The normalized spacial score (nSPS) is 12.6. The second-order valence-corrected chi connectivity index (χ2v) is 2.81. The first-order valence-corrected chi connectivity index (χ1v) is 4.50. The molecule has 10 heavy (non-hydrogen) atoms. The van der Waals surface area contributed by atoms with Crippen molar-refractivity contribution in [3.8, 4) is 0 Å². The monoisotopic (exact) mass is 259 g/mol. The van der Waals surface area contributed by atoms with E-state index in [1.54, 1.807) is 14.2 Å². The lowest BCUT2D eigenvalue weighted by atomic mass is 10.5. The van der Waals surface area contributed by atoms with Gasteiger partial charge in [0.25, 0.3) is 0 Å². The van der Waals surface area contributed by atoms with Crippen molar-refractivity contribution in [3.63, 3.8) is 0 Å². The van der Waals surface area contributed by atoms with Gasteiger partial charge in [-0.25, -0.2) is 4.90 Å². The molecule has 0 unspecified atom stereocenters. The predicted octanol–water partition coefficient (Wildman–Crippen LogP) is 1.28. The standard InChI is InChI=1S/C6H14INO2/c1-6(9-3,10-4)8(2)5-7/h5H2,1-4H3. The first kappa shape index (κ1) is 10.6. The van der Waals surface area contributed by atoms with E-state index in [4.69, 9.17) is 9.47 Å². The molecule has 3 nitrogen and oxygen atoms in total. The number of rotatable bonds is 4. The fourth-order valence-corrected chi connectivity index (χ4v) is 1.12. The first-order chi connectivity index (χ1) is 4.60. The third-order valence-electron chi connectivity index (χ3n) is 1.63. The molecule has 0 bridgehead atoms. The van der Waals surface area contributed by atoms with E-state index in [1.807, 2.05) is 18.9 Å². The zero-order valence-corrected chi connectivity index (χ0v) is 9.01. The molecule has 0 N–H and O–H groups in total. The number of halogens is 1. The number of hydrogen-bond donors (Lipinski definition) is 0. The van der Waals surface area contributed by atoms with Gasteiger partial charge in [0, 0.05) is 21.1 Å². The minimum absolute atomic E-state index is 0.582. The molecule has 0 spiro atoms.